The van der Waals surface area contributed by atoms with E-state index in [0.717, 1.165) is 19.3 Å². The molecule has 2 amide bonds. The van der Waals surface area contributed by atoms with Gasteiger partial charge >= 0.3 is 0 Å². The topological polar surface area (TPSA) is 75.3 Å². The van der Waals surface area contributed by atoms with Crippen LogP contribution in [-0.2, 0) is 14.4 Å². The van der Waals surface area contributed by atoms with E-state index in [4.69, 9.17) is 0 Å². The zero-order chi connectivity index (χ0) is 14.6. The third kappa shape index (κ3) is 5.01. The third-order valence-electron chi connectivity index (χ3n) is 3.02. The summed E-state index contributed by atoms with van der Waals surface area (Å²) >= 11 is 0. The Balaban J connectivity index is 2.61. The number of nitrogens with one attached hydrogen (secondary N) is 2. The van der Waals surface area contributed by atoms with E-state index < -0.39 is 23.1 Å². The van der Waals surface area contributed by atoms with Gasteiger partial charge in [-0.2, -0.15) is 0 Å². The molecule has 108 valence electrons. The second-order valence-corrected chi connectivity index (χ2v) is 6.18. The van der Waals surface area contributed by atoms with E-state index in [1.54, 1.807) is 20.8 Å². The Morgan fingerprint density at radius 3 is 2.21 bits per heavy atom. The average molecular weight is 268 g/mol. The van der Waals surface area contributed by atoms with E-state index in [1.807, 2.05) is 6.92 Å². The molecule has 0 heterocycles. The molecular formula is C14H24N2O3. The van der Waals surface area contributed by atoms with E-state index in [0.29, 0.717) is 6.42 Å². The minimum atomic E-state index is -0.713. The van der Waals surface area contributed by atoms with E-state index in [-0.39, 0.29) is 11.9 Å². The van der Waals surface area contributed by atoms with Crippen molar-refractivity contribution in [2.45, 2.75) is 65.5 Å². The van der Waals surface area contributed by atoms with E-state index in [1.165, 1.54) is 0 Å². The van der Waals surface area contributed by atoms with Crippen molar-refractivity contribution in [2.24, 2.45) is 5.41 Å². The van der Waals surface area contributed by atoms with Crippen molar-refractivity contribution in [3.63, 3.8) is 0 Å². The molecule has 0 bridgehead atoms. The summed E-state index contributed by atoms with van der Waals surface area (Å²) in [5, 5.41) is 5.35. The fourth-order valence-electron chi connectivity index (χ4n) is 1.57. The van der Waals surface area contributed by atoms with Crippen LogP contribution < -0.4 is 10.6 Å². The van der Waals surface area contributed by atoms with Gasteiger partial charge in [0, 0.05) is 11.5 Å². The smallest absolute Gasteiger partial charge is 0.289 e. The Labute approximate surface area is 114 Å². The first kappa shape index (κ1) is 15.7. The lowest BCUT2D eigenvalue weighted by Gasteiger charge is -2.23. The van der Waals surface area contributed by atoms with Gasteiger partial charge < -0.3 is 10.6 Å². The van der Waals surface area contributed by atoms with Crippen LogP contribution in [0.3, 0.4) is 0 Å². The molecule has 0 saturated heterocycles. The summed E-state index contributed by atoms with van der Waals surface area (Å²) < 4.78 is 0. The molecule has 1 atom stereocenters. The summed E-state index contributed by atoms with van der Waals surface area (Å²) in [7, 11) is 0. The van der Waals surface area contributed by atoms with Gasteiger partial charge in [-0.1, -0.05) is 34.1 Å². The monoisotopic (exact) mass is 268 g/mol. The first-order valence-electron chi connectivity index (χ1n) is 6.91. The molecule has 5 nitrogen and oxygen atoms in total. The van der Waals surface area contributed by atoms with Crippen LogP contribution in [0, 0.1) is 5.41 Å². The predicted molar refractivity (Wildman–Crippen MR) is 72.5 cm³/mol. The highest BCUT2D eigenvalue weighted by molar-refractivity contribution is 6.38. The summed E-state index contributed by atoms with van der Waals surface area (Å²) in [6.45, 7) is 7.25. The molecule has 0 aromatic carbocycles. The molecule has 0 spiro atoms. The summed E-state index contributed by atoms with van der Waals surface area (Å²) in [4.78, 5) is 35.7. The van der Waals surface area contributed by atoms with Gasteiger partial charge in [-0.25, -0.2) is 0 Å². The van der Waals surface area contributed by atoms with E-state index in [9.17, 15) is 14.4 Å². The molecule has 1 rings (SSSR count). The normalized spacial score (nSPS) is 16.6. The quantitative estimate of drug-likeness (QED) is 0.710. The minimum absolute atomic E-state index is 0.150. The van der Waals surface area contributed by atoms with Gasteiger partial charge in [0.1, 0.15) is 0 Å². The first-order chi connectivity index (χ1) is 8.75. The van der Waals surface area contributed by atoms with Crippen molar-refractivity contribution in [3.8, 4) is 0 Å². The number of ketones is 1. The Morgan fingerprint density at radius 1 is 1.21 bits per heavy atom. The molecule has 1 fully saturated rings. The van der Waals surface area contributed by atoms with Crippen LogP contribution in [-0.4, -0.2) is 29.7 Å². The SMILES string of the molecule is CCC[C@@H](NC(=O)C(C)(C)C)C(=O)C(=O)NC1CC1. The summed E-state index contributed by atoms with van der Waals surface area (Å²) in [5.41, 5.74) is -0.570. The van der Waals surface area contributed by atoms with Gasteiger partial charge in [-0.3, -0.25) is 14.4 Å². The summed E-state index contributed by atoms with van der Waals surface area (Å²) in [5.74, 6) is -1.32. The second-order valence-electron chi connectivity index (χ2n) is 6.18. The molecule has 0 aliphatic heterocycles. The van der Waals surface area contributed by atoms with Gasteiger partial charge in [-0.05, 0) is 19.3 Å². The van der Waals surface area contributed by atoms with Crippen LogP contribution in [0.1, 0.15) is 53.4 Å². The Hall–Kier alpha value is -1.39. The summed E-state index contributed by atoms with van der Waals surface area (Å²) in [6.07, 6.45) is 3.09. The van der Waals surface area contributed by atoms with Crippen LogP contribution >= 0.6 is 0 Å². The number of hydrogen-bond donors (Lipinski definition) is 2. The molecule has 1 aliphatic rings. The lowest BCUT2D eigenvalue weighted by Crippen LogP contribution is -2.50. The van der Waals surface area contributed by atoms with Gasteiger partial charge in [0.05, 0.1) is 6.04 Å². The fraction of sp³-hybridized carbons (Fsp3) is 0.786. The predicted octanol–water partition coefficient (Wildman–Crippen LogP) is 1.17. The zero-order valence-electron chi connectivity index (χ0n) is 12.2. The number of carbonyl (C=O) groups is 3. The van der Waals surface area contributed by atoms with Crippen LogP contribution in [0.4, 0.5) is 0 Å². The van der Waals surface area contributed by atoms with Gasteiger partial charge in [0.2, 0.25) is 11.7 Å². The Morgan fingerprint density at radius 2 is 1.79 bits per heavy atom. The lowest BCUT2D eigenvalue weighted by molar-refractivity contribution is -0.141. The Kier molecular flexibility index (Phi) is 5.09. The maximum Gasteiger partial charge on any atom is 0.289 e. The maximum absolute atomic E-state index is 12.0. The van der Waals surface area contributed by atoms with Crippen molar-refractivity contribution in [3.05, 3.63) is 0 Å². The third-order valence-corrected chi connectivity index (χ3v) is 3.02. The number of hydrogen-bond acceptors (Lipinski definition) is 3. The Bertz CT molecular complexity index is 367. The van der Waals surface area contributed by atoms with Crippen LogP contribution in [0.25, 0.3) is 0 Å². The maximum atomic E-state index is 12.0. The standard InChI is InChI=1S/C14H24N2O3/c1-5-6-10(16-13(19)14(2,3)4)11(17)12(18)15-9-7-8-9/h9-10H,5-8H2,1-4H3,(H,15,18)(H,16,19)/t10-/m1/s1. The summed E-state index contributed by atoms with van der Waals surface area (Å²) in [6, 6.07) is -0.562. The molecule has 19 heavy (non-hydrogen) atoms. The van der Waals surface area contributed by atoms with Crippen molar-refractivity contribution in [1.82, 2.24) is 10.6 Å². The van der Waals surface area contributed by atoms with Crippen molar-refractivity contribution in [2.75, 3.05) is 0 Å². The minimum Gasteiger partial charge on any atom is -0.347 e. The molecule has 1 aliphatic carbocycles. The highest BCUT2D eigenvalue weighted by Gasteiger charge is 2.32. The molecule has 0 aromatic heterocycles. The van der Waals surface area contributed by atoms with Crippen LogP contribution in [0.2, 0.25) is 0 Å². The molecule has 0 unspecified atom stereocenters. The first-order valence-corrected chi connectivity index (χ1v) is 6.91. The zero-order valence-corrected chi connectivity index (χ0v) is 12.2. The van der Waals surface area contributed by atoms with Gasteiger partial charge in [-0.15, -0.1) is 0 Å². The molecular weight excluding hydrogens is 244 g/mol. The fourth-order valence-corrected chi connectivity index (χ4v) is 1.57. The van der Waals surface area contributed by atoms with Crippen molar-refractivity contribution in [1.29, 1.82) is 0 Å². The van der Waals surface area contributed by atoms with Crippen LogP contribution in [0.5, 0.6) is 0 Å². The highest BCUT2D eigenvalue weighted by atomic mass is 16.2. The molecule has 0 radical (unpaired) electrons. The van der Waals surface area contributed by atoms with Gasteiger partial charge in [0.25, 0.3) is 5.91 Å². The second kappa shape index (κ2) is 6.17. The number of Topliss-reactive ketones (excluding diaryl/α,β-unsaturated/α-hetero) is 1. The van der Waals surface area contributed by atoms with Gasteiger partial charge in [0.15, 0.2) is 0 Å². The molecule has 0 aromatic rings. The van der Waals surface area contributed by atoms with Crippen molar-refractivity contribution >= 4 is 17.6 Å². The molecule has 5 heteroatoms. The van der Waals surface area contributed by atoms with E-state index in [2.05, 4.69) is 10.6 Å². The molecule has 1 saturated carbocycles. The number of rotatable bonds is 6. The van der Waals surface area contributed by atoms with Crippen LogP contribution in [0.15, 0.2) is 0 Å². The number of carbonyl (C=O) groups excluding carboxylic acids is 3. The van der Waals surface area contributed by atoms with Crippen molar-refractivity contribution < 1.29 is 14.4 Å². The molecule has 2 N–H and O–H groups in total. The number of amides is 2. The lowest BCUT2D eigenvalue weighted by atomic mass is 9.94. The average Bonchev–Trinajstić information content (AvgIpc) is 3.09. The largest absolute Gasteiger partial charge is 0.347 e. The highest BCUT2D eigenvalue weighted by Crippen LogP contribution is 2.19. The van der Waals surface area contributed by atoms with E-state index >= 15 is 0 Å².